The van der Waals surface area contributed by atoms with Gasteiger partial charge in [-0.05, 0) is 32.9 Å². The number of likely N-dealkylation sites (N-methyl/N-ethyl adjacent to an activating group) is 1. The van der Waals surface area contributed by atoms with Crippen LogP contribution in [0.4, 0.5) is 10.5 Å². The number of nitro groups is 1. The maximum atomic E-state index is 12.0. The lowest BCUT2D eigenvalue weighted by Gasteiger charge is -2.28. The van der Waals surface area contributed by atoms with Gasteiger partial charge in [0.25, 0.3) is 5.69 Å². The molecule has 1 aromatic carbocycles. The molecule has 0 fully saturated rings. The molecule has 1 unspecified atom stereocenters. The lowest BCUT2D eigenvalue weighted by atomic mass is 10.0. The van der Waals surface area contributed by atoms with E-state index in [0.717, 1.165) is 11.0 Å². The Morgan fingerprint density at radius 3 is 2.50 bits per heavy atom. The fourth-order valence-corrected chi connectivity index (χ4v) is 1.91. The summed E-state index contributed by atoms with van der Waals surface area (Å²) in [6, 6.07) is 2.76. The van der Waals surface area contributed by atoms with Crippen LogP contribution in [0.1, 0.15) is 32.4 Å². The van der Waals surface area contributed by atoms with Crippen LogP contribution in [-0.4, -0.2) is 34.9 Å². The first-order chi connectivity index (χ1) is 10.1. The Bertz CT molecular complexity index is 597. The molecular formula is C14H17ClN2O5. The van der Waals surface area contributed by atoms with Crippen molar-refractivity contribution in [3.63, 3.8) is 0 Å². The lowest BCUT2D eigenvalue weighted by molar-refractivity contribution is -0.385. The van der Waals surface area contributed by atoms with E-state index in [1.165, 1.54) is 19.2 Å². The van der Waals surface area contributed by atoms with Crippen LogP contribution < -0.4 is 0 Å². The molecule has 22 heavy (non-hydrogen) atoms. The van der Waals surface area contributed by atoms with Crippen molar-refractivity contribution in [3.05, 3.63) is 38.9 Å². The second-order valence-corrected chi connectivity index (χ2v) is 6.07. The third-order valence-electron chi connectivity index (χ3n) is 2.74. The van der Waals surface area contributed by atoms with Crippen LogP contribution in [0.15, 0.2) is 18.2 Å². The van der Waals surface area contributed by atoms with Crippen LogP contribution in [0.2, 0.25) is 5.02 Å². The fourth-order valence-electron chi connectivity index (χ4n) is 1.75. The Morgan fingerprint density at radius 2 is 2.05 bits per heavy atom. The number of nitrogens with zero attached hydrogens (tertiary/aromatic N) is 2. The molecule has 0 aliphatic carbocycles. The average molecular weight is 329 g/mol. The van der Waals surface area contributed by atoms with E-state index in [1.807, 2.05) is 0 Å². The van der Waals surface area contributed by atoms with Crippen LogP contribution in [0.25, 0.3) is 0 Å². The van der Waals surface area contributed by atoms with E-state index in [4.69, 9.17) is 16.3 Å². The van der Waals surface area contributed by atoms with Crippen LogP contribution in [0.5, 0.6) is 0 Å². The van der Waals surface area contributed by atoms with E-state index in [9.17, 15) is 19.7 Å². The first kappa shape index (κ1) is 17.9. The van der Waals surface area contributed by atoms with Gasteiger partial charge in [-0.3, -0.25) is 15.0 Å². The minimum absolute atomic E-state index is 0.0674. The number of nitro benzene ring substituents is 1. The first-order valence-corrected chi connectivity index (χ1v) is 6.79. The summed E-state index contributed by atoms with van der Waals surface area (Å²) in [5.74, 6) is 0. The van der Waals surface area contributed by atoms with Crippen molar-refractivity contribution in [1.82, 2.24) is 4.90 Å². The van der Waals surface area contributed by atoms with Crippen LogP contribution >= 0.6 is 11.6 Å². The molecule has 0 heterocycles. The third-order valence-corrected chi connectivity index (χ3v) is 2.97. The Morgan fingerprint density at radius 1 is 1.45 bits per heavy atom. The van der Waals surface area contributed by atoms with Gasteiger partial charge in [0.1, 0.15) is 17.9 Å². The lowest BCUT2D eigenvalue weighted by Crippen LogP contribution is -2.37. The summed E-state index contributed by atoms with van der Waals surface area (Å²) in [6.07, 6.45) is -0.311. The molecule has 0 aliphatic rings. The smallest absolute Gasteiger partial charge is 0.410 e. The van der Waals surface area contributed by atoms with E-state index in [1.54, 1.807) is 20.8 Å². The van der Waals surface area contributed by atoms with Crippen molar-refractivity contribution in [1.29, 1.82) is 0 Å². The SMILES string of the molecule is CN(C(=O)OC(C)(C)C)C(C=O)c1ccc(Cl)cc1[N+](=O)[O-]. The predicted octanol–water partition coefficient (Wildman–Crippen LogP) is 3.36. The van der Waals surface area contributed by atoms with Crippen molar-refractivity contribution in [2.75, 3.05) is 7.05 Å². The molecule has 120 valence electrons. The highest BCUT2D eigenvalue weighted by Gasteiger charge is 2.30. The largest absolute Gasteiger partial charge is 0.444 e. The molecule has 0 saturated heterocycles. The van der Waals surface area contributed by atoms with Gasteiger partial charge in [-0.25, -0.2) is 4.79 Å². The van der Waals surface area contributed by atoms with Gasteiger partial charge >= 0.3 is 6.09 Å². The predicted molar refractivity (Wildman–Crippen MR) is 80.9 cm³/mol. The monoisotopic (exact) mass is 328 g/mol. The van der Waals surface area contributed by atoms with E-state index >= 15 is 0 Å². The number of carbonyl (C=O) groups is 2. The van der Waals surface area contributed by atoms with Gasteiger partial charge in [-0.15, -0.1) is 0 Å². The van der Waals surface area contributed by atoms with Crippen molar-refractivity contribution in [2.24, 2.45) is 0 Å². The minimum Gasteiger partial charge on any atom is -0.444 e. The average Bonchev–Trinajstić information content (AvgIpc) is 2.38. The highest BCUT2D eigenvalue weighted by Crippen LogP contribution is 2.30. The molecule has 0 bridgehead atoms. The van der Waals surface area contributed by atoms with Crippen molar-refractivity contribution >= 4 is 29.7 Å². The molecule has 8 heteroatoms. The Labute approximate surface area is 133 Å². The molecule has 1 aromatic rings. The standard InChI is InChI=1S/C14H17ClN2O5/c1-14(2,3)22-13(19)16(4)12(8-18)10-6-5-9(15)7-11(10)17(20)21/h5-8,12H,1-4H3. The molecular weight excluding hydrogens is 312 g/mol. The fraction of sp³-hybridized carbons (Fsp3) is 0.429. The molecule has 0 spiro atoms. The number of benzene rings is 1. The number of hydrogen-bond donors (Lipinski definition) is 0. The Hall–Kier alpha value is -2.15. The van der Waals surface area contributed by atoms with E-state index in [-0.39, 0.29) is 16.3 Å². The third kappa shape index (κ3) is 4.42. The maximum absolute atomic E-state index is 12.0. The maximum Gasteiger partial charge on any atom is 0.410 e. The molecule has 0 radical (unpaired) electrons. The first-order valence-electron chi connectivity index (χ1n) is 6.41. The number of halogens is 1. The van der Waals surface area contributed by atoms with Gasteiger partial charge in [0.15, 0.2) is 0 Å². The van der Waals surface area contributed by atoms with Crippen LogP contribution in [0, 0.1) is 10.1 Å². The summed E-state index contributed by atoms with van der Waals surface area (Å²) in [7, 11) is 1.34. The van der Waals surface area contributed by atoms with E-state index < -0.39 is 22.7 Å². The highest BCUT2D eigenvalue weighted by atomic mass is 35.5. The minimum atomic E-state index is -1.15. The quantitative estimate of drug-likeness (QED) is 0.480. The second kappa shape index (κ2) is 6.74. The Kier molecular flexibility index (Phi) is 5.48. The van der Waals surface area contributed by atoms with Crippen molar-refractivity contribution < 1.29 is 19.2 Å². The summed E-state index contributed by atoms with van der Waals surface area (Å²) in [5.41, 5.74) is -1.01. The zero-order valence-corrected chi connectivity index (χ0v) is 13.5. The zero-order chi connectivity index (χ0) is 17.1. The number of rotatable bonds is 4. The molecule has 0 aromatic heterocycles. The van der Waals surface area contributed by atoms with Crippen LogP contribution in [-0.2, 0) is 9.53 Å². The molecule has 1 rings (SSSR count). The van der Waals surface area contributed by atoms with Crippen molar-refractivity contribution in [3.8, 4) is 0 Å². The Balaban J connectivity index is 3.19. The summed E-state index contributed by atoms with van der Waals surface area (Å²) < 4.78 is 5.16. The van der Waals surface area contributed by atoms with Gasteiger partial charge in [0.05, 0.1) is 10.5 Å². The second-order valence-electron chi connectivity index (χ2n) is 5.63. The summed E-state index contributed by atoms with van der Waals surface area (Å²) in [6.45, 7) is 5.04. The van der Waals surface area contributed by atoms with Gasteiger partial charge < -0.3 is 9.53 Å². The summed E-state index contributed by atoms with van der Waals surface area (Å²) in [4.78, 5) is 34.9. The molecule has 0 aliphatic heterocycles. The van der Waals surface area contributed by atoms with Crippen LogP contribution in [0.3, 0.4) is 0 Å². The summed E-state index contributed by atoms with van der Waals surface area (Å²) in [5, 5.41) is 11.3. The summed E-state index contributed by atoms with van der Waals surface area (Å²) >= 11 is 5.74. The number of ether oxygens (including phenoxy) is 1. The van der Waals surface area contributed by atoms with Gasteiger partial charge in [0.2, 0.25) is 0 Å². The molecule has 0 saturated carbocycles. The highest BCUT2D eigenvalue weighted by molar-refractivity contribution is 6.30. The van der Waals surface area contributed by atoms with Gasteiger partial charge in [-0.2, -0.15) is 0 Å². The van der Waals surface area contributed by atoms with E-state index in [0.29, 0.717) is 6.29 Å². The molecule has 1 amide bonds. The number of aldehydes is 1. The molecule has 1 atom stereocenters. The number of hydrogen-bond acceptors (Lipinski definition) is 5. The normalized spacial score (nSPS) is 12.4. The van der Waals surface area contributed by atoms with Gasteiger partial charge in [-0.1, -0.05) is 11.6 Å². The van der Waals surface area contributed by atoms with Gasteiger partial charge in [0, 0.05) is 18.1 Å². The number of carbonyl (C=O) groups excluding carboxylic acids is 2. The number of amides is 1. The zero-order valence-electron chi connectivity index (χ0n) is 12.7. The molecule has 0 N–H and O–H groups in total. The molecule has 7 nitrogen and oxygen atoms in total. The van der Waals surface area contributed by atoms with Crippen molar-refractivity contribution in [2.45, 2.75) is 32.4 Å². The van der Waals surface area contributed by atoms with E-state index in [2.05, 4.69) is 0 Å². The topological polar surface area (TPSA) is 89.8 Å².